The van der Waals surface area contributed by atoms with E-state index in [4.69, 9.17) is 0 Å². The van der Waals surface area contributed by atoms with Gasteiger partial charge in [-0.15, -0.1) is 11.3 Å². The Morgan fingerprint density at radius 2 is 1.92 bits per heavy atom. The van der Waals surface area contributed by atoms with Crippen molar-refractivity contribution >= 4 is 17.2 Å². The topological polar surface area (TPSA) is 74.8 Å². The highest BCUT2D eigenvalue weighted by molar-refractivity contribution is 7.12. The first-order valence-electron chi connectivity index (χ1n) is 7.55. The summed E-state index contributed by atoms with van der Waals surface area (Å²) in [6, 6.07) is 10.7. The molecule has 0 aromatic carbocycles. The van der Waals surface area contributed by atoms with Gasteiger partial charge in [-0.05, 0) is 50.2 Å². The molecular weight excluding hydrogens is 322 g/mol. The third-order valence-electron chi connectivity index (χ3n) is 3.68. The number of nitrogens with zero attached hydrogens (tertiary/aromatic N) is 1. The molecule has 0 saturated heterocycles. The van der Waals surface area contributed by atoms with Crippen LogP contribution >= 0.6 is 11.3 Å². The molecule has 3 rings (SSSR count). The molecule has 0 spiro atoms. The van der Waals surface area contributed by atoms with Crippen molar-refractivity contribution in [2.75, 3.05) is 0 Å². The van der Waals surface area contributed by atoms with E-state index in [-0.39, 0.29) is 17.5 Å². The van der Waals surface area contributed by atoms with Gasteiger partial charge in [0.1, 0.15) is 5.56 Å². The van der Waals surface area contributed by atoms with Gasteiger partial charge in [-0.1, -0.05) is 0 Å². The number of rotatable bonds is 4. The molecule has 0 aliphatic rings. The van der Waals surface area contributed by atoms with Gasteiger partial charge in [0.25, 0.3) is 11.5 Å². The Morgan fingerprint density at radius 3 is 2.54 bits per heavy atom. The molecule has 3 aromatic rings. The average Bonchev–Trinajstić information content (AvgIpc) is 3.02. The summed E-state index contributed by atoms with van der Waals surface area (Å²) < 4.78 is 0. The molecule has 3 heterocycles. The average molecular weight is 339 g/mol. The highest BCUT2D eigenvalue weighted by Gasteiger charge is 2.16. The molecule has 0 aliphatic carbocycles. The van der Waals surface area contributed by atoms with Crippen LogP contribution in [0.25, 0.3) is 11.3 Å². The van der Waals surface area contributed by atoms with Crippen molar-refractivity contribution in [1.29, 1.82) is 0 Å². The predicted octanol–water partition coefficient (Wildman–Crippen LogP) is 3.30. The van der Waals surface area contributed by atoms with Gasteiger partial charge in [-0.3, -0.25) is 14.6 Å². The maximum absolute atomic E-state index is 12.4. The van der Waals surface area contributed by atoms with E-state index in [0.717, 1.165) is 10.4 Å². The Hall–Kier alpha value is -2.73. The van der Waals surface area contributed by atoms with Gasteiger partial charge in [-0.2, -0.15) is 0 Å². The number of nitrogens with one attached hydrogen (secondary N) is 2. The molecule has 0 aliphatic heterocycles. The van der Waals surface area contributed by atoms with Crippen molar-refractivity contribution in [3.8, 4) is 11.3 Å². The molecule has 3 aromatic heterocycles. The zero-order chi connectivity index (χ0) is 17.1. The lowest BCUT2D eigenvalue weighted by Gasteiger charge is -2.12. The van der Waals surface area contributed by atoms with Gasteiger partial charge < -0.3 is 10.3 Å². The van der Waals surface area contributed by atoms with Crippen LogP contribution in [0.4, 0.5) is 0 Å². The first kappa shape index (κ1) is 16.1. The van der Waals surface area contributed by atoms with Crippen LogP contribution in [0.3, 0.4) is 0 Å². The molecule has 1 amide bonds. The van der Waals surface area contributed by atoms with Crippen LogP contribution in [0, 0.1) is 6.92 Å². The van der Waals surface area contributed by atoms with E-state index in [0.29, 0.717) is 5.69 Å². The Balaban J connectivity index is 1.79. The maximum Gasteiger partial charge on any atom is 0.261 e. The first-order valence-corrected chi connectivity index (χ1v) is 8.37. The number of pyridine rings is 2. The second-order valence-corrected chi connectivity index (χ2v) is 6.81. The molecule has 24 heavy (non-hydrogen) atoms. The maximum atomic E-state index is 12.4. The van der Waals surface area contributed by atoms with Gasteiger partial charge in [0.05, 0.1) is 6.04 Å². The quantitative estimate of drug-likeness (QED) is 0.766. The third-order valence-corrected chi connectivity index (χ3v) is 4.86. The lowest BCUT2D eigenvalue weighted by atomic mass is 10.1. The van der Waals surface area contributed by atoms with E-state index in [1.54, 1.807) is 48.0 Å². The number of H-pyrrole nitrogens is 1. The fourth-order valence-corrected chi connectivity index (χ4v) is 3.26. The lowest BCUT2D eigenvalue weighted by molar-refractivity contribution is 0.0939. The monoisotopic (exact) mass is 339 g/mol. The second-order valence-electron chi connectivity index (χ2n) is 5.49. The molecule has 0 saturated carbocycles. The summed E-state index contributed by atoms with van der Waals surface area (Å²) >= 11 is 1.63. The number of aryl methyl sites for hydroxylation is 1. The van der Waals surface area contributed by atoms with Crippen molar-refractivity contribution in [1.82, 2.24) is 15.3 Å². The molecule has 6 heteroatoms. The largest absolute Gasteiger partial charge is 0.345 e. The van der Waals surface area contributed by atoms with E-state index < -0.39 is 5.56 Å². The van der Waals surface area contributed by atoms with Crippen molar-refractivity contribution in [3.63, 3.8) is 0 Å². The normalized spacial score (nSPS) is 11.9. The van der Waals surface area contributed by atoms with Crippen LogP contribution in [0.1, 0.15) is 33.1 Å². The standard InChI is InChI=1S/C18H17N3O2S/c1-11-3-6-16(24-11)12(2)20-17(22)14-4-5-15(21-18(14)23)13-7-9-19-10-8-13/h3-10,12H,1-2H3,(H,20,22)(H,21,23). The van der Waals surface area contributed by atoms with Crippen LogP contribution < -0.4 is 10.9 Å². The van der Waals surface area contributed by atoms with Crippen LogP contribution in [-0.4, -0.2) is 15.9 Å². The molecule has 1 unspecified atom stereocenters. The van der Waals surface area contributed by atoms with Gasteiger partial charge in [-0.25, -0.2) is 0 Å². The van der Waals surface area contributed by atoms with Crippen LogP contribution in [-0.2, 0) is 0 Å². The second kappa shape index (κ2) is 6.80. The Labute approximate surface area is 143 Å². The molecule has 0 fully saturated rings. The van der Waals surface area contributed by atoms with Crippen molar-refractivity contribution in [2.45, 2.75) is 19.9 Å². The molecule has 122 valence electrons. The minimum absolute atomic E-state index is 0.105. The lowest BCUT2D eigenvalue weighted by Crippen LogP contribution is -2.31. The van der Waals surface area contributed by atoms with E-state index in [1.165, 1.54) is 4.88 Å². The Bertz CT molecular complexity index is 915. The molecule has 5 nitrogen and oxygen atoms in total. The molecule has 2 N–H and O–H groups in total. The number of carbonyl (C=O) groups is 1. The van der Waals surface area contributed by atoms with Crippen LogP contribution in [0.15, 0.2) is 53.6 Å². The van der Waals surface area contributed by atoms with Gasteiger partial charge in [0.15, 0.2) is 0 Å². The summed E-state index contributed by atoms with van der Waals surface area (Å²) in [5, 5.41) is 2.87. The fourth-order valence-electron chi connectivity index (χ4n) is 2.38. The van der Waals surface area contributed by atoms with Crippen LogP contribution in [0.2, 0.25) is 0 Å². The zero-order valence-corrected chi connectivity index (χ0v) is 14.2. The van der Waals surface area contributed by atoms with E-state index in [9.17, 15) is 9.59 Å². The summed E-state index contributed by atoms with van der Waals surface area (Å²) in [5.41, 5.74) is 1.20. The number of aromatic amines is 1. The van der Waals surface area contributed by atoms with Crippen molar-refractivity contribution in [3.05, 3.63) is 74.5 Å². The first-order chi connectivity index (χ1) is 11.5. The number of hydrogen-bond donors (Lipinski definition) is 2. The van der Waals surface area contributed by atoms with Crippen molar-refractivity contribution < 1.29 is 4.79 Å². The summed E-state index contributed by atoms with van der Waals surface area (Å²) in [6.07, 6.45) is 3.30. The van der Waals surface area contributed by atoms with Gasteiger partial charge in [0.2, 0.25) is 0 Å². The number of hydrogen-bond acceptors (Lipinski definition) is 4. The highest BCUT2D eigenvalue weighted by atomic mass is 32.1. The minimum Gasteiger partial charge on any atom is -0.345 e. The number of aromatic nitrogens is 2. The summed E-state index contributed by atoms with van der Waals surface area (Å²) in [6.45, 7) is 3.92. The predicted molar refractivity (Wildman–Crippen MR) is 95.2 cm³/mol. The van der Waals surface area contributed by atoms with Gasteiger partial charge >= 0.3 is 0 Å². The van der Waals surface area contributed by atoms with E-state index >= 15 is 0 Å². The van der Waals surface area contributed by atoms with E-state index in [2.05, 4.69) is 15.3 Å². The molecule has 0 radical (unpaired) electrons. The van der Waals surface area contributed by atoms with E-state index in [1.807, 2.05) is 26.0 Å². The fraction of sp³-hybridized carbons (Fsp3) is 0.167. The molecular formula is C18H17N3O2S. The smallest absolute Gasteiger partial charge is 0.261 e. The number of thiophene rings is 1. The highest BCUT2D eigenvalue weighted by Crippen LogP contribution is 2.22. The summed E-state index contributed by atoms with van der Waals surface area (Å²) in [4.78, 5) is 33.6. The van der Waals surface area contributed by atoms with Crippen molar-refractivity contribution in [2.24, 2.45) is 0 Å². The molecule has 0 bridgehead atoms. The SMILES string of the molecule is Cc1ccc(C(C)NC(=O)c2ccc(-c3ccncc3)[nH]c2=O)s1. The number of carbonyl (C=O) groups excluding carboxylic acids is 1. The number of amides is 1. The zero-order valence-electron chi connectivity index (χ0n) is 13.4. The summed E-state index contributed by atoms with van der Waals surface area (Å²) in [7, 11) is 0. The summed E-state index contributed by atoms with van der Waals surface area (Å²) in [5.74, 6) is -0.379. The minimum atomic E-state index is -0.406. The Morgan fingerprint density at radius 1 is 1.17 bits per heavy atom. The van der Waals surface area contributed by atoms with Crippen LogP contribution in [0.5, 0.6) is 0 Å². The molecule has 1 atom stereocenters. The third kappa shape index (κ3) is 3.44. The Kier molecular flexibility index (Phi) is 4.57. The van der Waals surface area contributed by atoms with Gasteiger partial charge in [0, 0.05) is 33.4 Å².